The Bertz CT molecular complexity index is 1300. The molecule has 4 rings (SSSR count). The number of benzene rings is 3. The van der Waals surface area contributed by atoms with Crippen LogP contribution in [0.5, 0.6) is 5.75 Å². The van der Waals surface area contributed by atoms with E-state index in [0.717, 1.165) is 27.5 Å². The molecule has 0 saturated heterocycles. The zero-order chi connectivity index (χ0) is 23.9. The molecule has 4 aromatic rings. The molecule has 0 atom stereocenters. The molecule has 3 aromatic carbocycles. The monoisotopic (exact) mass is 489 g/mol. The number of hydrogen-bond donors (Lipinski definition) is 2. The van der Waals surface area contributed by atoms with Crippen molar-refractivity contribution >= 4 is 45.7 Å². The summed E-state index contributed by atoms with van der Waals surface area (Å²) in [6, 6.07) is 22.5. The molecule has 8 heteroatoms. The second-order valence-corrected chi connectivity index (χ2v) is 9.36. The maximum absolute atomic E-state index is 12.4. The Morgan fingerprint density at radius 3 is 2.56 bits per heavy atom. The number of thiazole rings is 1. The van der Waals surface area contributed by atoms with Crippen LogP contribution in [-0.4, -0.2) is 29.7 Å². The van der Waals surface area contributed by atoms with Crippen LogP contribution in [0, 0.1) is 6.92 Å². The highest BCUT2D eigenvalue weighted by Crippen LogP contribution is 2.28. The summed E-state index contributed by atoms with van der Waals surface area (Å²) in [5.74, 6) is 0.727. The molecule has 0 radical (unpaired) electrons. The normalized spacial score (nSPS) is 10.5. The molecule has 0 aliphatic carbocycles. The summed E-state index contributed by atoms with van der Waals surface area (Å²) in [7, 11) is 1.62. The predicted molar refractivity (Wildman–Crippen MR) is 139 cm³/mol. The molecule has 0 unspecified atom stereocenters. The fourth-order valence-corrected chi connectivity index (χ4v) is 4.61. The SMILES string of the molecule is COc1cccc(-c2csc(NC(=O)CSc3ccc(NC(=O)c4cccc(C)c4)cc3)n2)c1. The molecule has 0 aliphatic heterocycles. The van der Waals surface area contributed by atoms with E-state index in [0.29, 0.717) is 16.4 Å². The van der Waals surface area contributed by atoms with Crippen LogP contribution in [0.3, 0.4) is 0 Å². The maximum Gasteiger partial charge on any atom is 0.255 e. The molecular weight excluding hydrogens is 466 g/mol. The first-order valence-electron chi connectivity index (χ1n) is 10.5. The highest BCUT2D eigenvalue weighted by Gasteiger charge is 2.10. The third-order valence-electron chi connectivity index (χ3n) is 4.88. The number of nitrogens with one attached hydrogen (secondary N) is 2. The fraction of sp³-hybridized carbons (Fsp3) is 0.115. The van der Waals surface area contributed by atoms with Crippen molar-refractivity contribution < 1.29 is 14.3 Å². The van der Waals surface area contributed by atoms with Gasteiger partial charge >= 0.3 is 0 Å². The van der Waals surface area contributed by atoms with Gasteiger partial charge in [0.15, 0.2) is 5.13 Å². The van der Waals surface area contributed by atoms with Gasteiger partial charge in [0.25, 0.3) is 5.91 Å². The molecule has 1 aromatic heterocycles. The summed E-state index contributed by atoms with van der Waals surface area (Å²) in [4.78, 5) is 30.2. The summed E-state index contributed by atoms with van der Waals surface area (Å²) in [6.45, 7) is 1.95. The minimum Gasteiger partial charge on any atom is -0.497 e. The number of amides is 2. The number of nitrogens with zero attached hydrogens (tertiary/aromatic N) is 1. The van der Waals surface area contributed by atoms with Crippen molar-refractivity contribution in [3.8, 4) is 17.0 Å². The van der Waals surface area contributed by atoms with Crippen LogP contribution in [0.4, 0.5) is 10.8 Å². The van der Waals surface area contributed by atoms with Gasteiger partial charge in [-0.1, -0.05) is 29.8 Å². The van der Waals surface area contributed by atoms with Crippen molar-refractivity contribution in [2.24, 2.45) is 0 Å². The number of rotatable bonds is 8. The van der Waals surface area contributed by atoms with Crippen LogP contribution in [0.2, 0.25) is 0 Å². The smallest absolute Gasteiger partial charge is 0.255 e. The standard InChI is InChI=1S/C26H23N3O3S2/c1-17-5-3-7-19(13-17)25(31)27-20-9-11-22(12-10-20)33-16-24(30)29-26-28-23(15-34-26)18-6-4-8-21(14-18)32-2/h3-15H,16H2,1-2H3,(H,27,31)(H,28,29,30). The van der Waals surface area contributed by atoms with Crippen LogP contribution in [0.25, 0.3) is 11.3 Å². The molecule has 6 nitrogen and oxygen atoms in total. The van der Waals surface area contributed by atoms with Crippen molar-refractivity contribution in [2.45, 2.75) is 11.8 Å². The Morgan fingerprint density at radius 1 is 1.00 bits per heavy atom. The first-order chi connectivity index (χ1) is 16.5. The molecule has 172 valence electrons. The lowest BCUT2D eigenvalue weighted by Gasteiger charge is -2.07. The number of anilines is 2. The molecule has 0 saturated carbocycles. The van der Waals surface area contributed by atoms with Crippen molar-refractivity contribution in [3.05, 3.63) is 89.3 Å². The zero-order valence-electron chi connectivity index (χ0n) is 18.7. The van der Waals surface area contributed by atoms with E-state index in [1.54, 1.807) is 13.2 Å². The lowest BCUT2D eigenvalue weighted by Crippen LogP contribution is -2.13. The average molecular weight is 490 g/mol. The molecule has 2 N–H and O–H groups in total. The topological polar surface area (TPSA) is 80.3 Å². The molecule has 0 aliphatic rings. The number of ether oxygens (including phenoxy) is 1. The molecule has 2 amide bonds. The van der Waals surface area contributed by atoms with Gasteiger partial charge in [-0.2, -0.15) is 0 Å². The number of methoxy groups -OCH3 is 1. The van der Waals surface area contributed by atoms with Gasteiger partial charge in [0.2, 0.25) is 5.91 Å². The number of carbonyl (C=O) groups is 2. The van der Waals surface area contributed by atoms with E-state index in [2.05, 4.69) is 15.6 Å². The number of aryl methyl sites for hydroxylation is 1. The summed E-state index contributed by atoms with van der Waals surface area (Å²) in [6.07, 6.45) is 0. The third-order valence-corrected chi connectivity index (χ3v) is 6.65. The van der Waals surface area contributed by atoms with Crippen LogP contribution >= 0.6 is 23.1 Å². The first-order valence-corrected chi connectivity index (χ1v) is 12.4. The molecule has 0 bridgehead atoms. The van der Waals surface area contributed by atoms with E-state index >= 15 is 0 Å². The van der Waals surface area contributed by atoms with Gasteiger partial charge in [-0.25, -0.2) is 4.98 Å². The molecular formula is C26H23N3O3S2. The number of carbonyl (C=O) groups excluding carboxylic acids is 2. The highest BCUT2D eigenvalue weighted by atomic mass is 32.2. The first kappa shape index (κ1) is 23.5. The summed E-state index contributed by atoms with van der Waals surface area (Å²) in [5.41, 5.74) is 4.07. The summed E-state index contributed by atoms with van der Waals surface area (Å²) < 4.78 is 5.25. The quantitative estimate of drug-likeness (QED) is 0.292. The highest BCUT2D eigenvalue weighted by molar-refractivity contribution is 8.00. The van der Waals surface area contributed by atoms with Crippen molar-refractivity contribution in [2.75, 3.05) is 23.5 Å². The van der Waals surface area contributed by atoms with Crippen LogP contribution in [-0.2, 0) is 4.79 Å². The molecule has 0 spiro atoms. The second kappa shape index (κ2) is 11.0. The van der Waals surface area contributed by atoms with E-state index < -0.39 is 0 Å². The molecule has 0 fully saturated rings. The zero-order valence-corrected chi connectivity index (χ0v) is 20.3. The van der Waals surface area contributed by atoms with Crippen LogP contribution in [0.15, 0.2) is 83.1 Å². The lowest BCUT2D eigenvalue weighted by molar-refractivity contribution is -0.113. The fourth-order valence-electron chi connectivity index (χ4n) is 3.17. The van der Waals surface area contributed by atoms with Gasteiger partial charge in [-0.3, -0.25) is 9.59 Å². The Morgan fingerprint density at radius 2 is 1.79 bits per heavy atom. The number of thioether (sulfide) groups is 1. The van der Waals surface area contributed by atoms with Crippen LogP contribution < -0.4 is 15.4 Å². The van der Waals surface area contributed by atoms with Crippen molar-refractivity contribution in [1.82, 2.24) is 4.98 Å². The number of aromatic nitrogens is 1. The van der Waals surface area contributed by atoms with Gasteiger partial charge in [0, 0.05) is 27.1 Å². The van der Waals surface area contributed by atoms with Crippen LogP contribution in [0.1, 0.15) is 15.9 Å². The van der Waals surface area contributed by atoms with Crippen molar-refractivity contribution in [3.63, 3.8) is 0 Å². The Kier molecular flexibility index (Phi) is 7.61. The van der Waals surface area contributed by atoms with Gasteiger partial charge in [-0.15, -0.1) is 23.1 Å². The van der Waals surface area contributed by atoms with E-state index in [1.165, 1.54) is 23.1 Å². The Labute approximate surface area is 206 Å². The average Bonchev–Trinajstić information content (AvgIpc) is 3.32. The van der Waals surface area contributed by atoms with E-state index in [9.17, 15) is 9.59 Å². The van der Waals surface area contributed by atoms with Gasteiger partial charge in [-0.05, 0) is 55.5 Å². The summed E-state index contributed by atoms with van der Waals surface area (Å²) >= 11 is 2.80. The lowest BCUT2D eigenvalue weighted by atomic mass is 10.1. The summed E-state index contributed by atoms with van der Waals surface area (Å²) in [5, 5.41) is 8.20. The Hall–Kier alpha value is -3.62. The molecule has 34 heavy (non-hydrogen) atoms. The maximum atomic E-state index is 12.4. The third kappa shape index (κ3) is 6.24. The van der Waals surface area contributed by atoms with E-state index in [-0.39, 0.29) is 17.6 Å². The second-order valence-electron chi connectivity index (χ2n) is 7.45. The largest absolute Gasteiger partial charge is 0.497 e. The van der Waals surface area contributed by atoms with Gasteiger partial charge < -0.3 is 15.4 Å². The molecule has 1 heterocycles. The minimum atomic E-state index is -0.153. The van der Waals surface area contributed by atoms with E-state index in [4.69, 9.17) is 4.74 Å². The van der Waals surface area contributed by atoms with Crippen molar-refractivity contribution in [1.29, 1.82) is 0 Å². The predicted octanol–water partition coefficient (Wildman–Crippen LogP) is 6.11. The van der Waals surface area contributed by atoms with Gasteiger partial charge in [0.05, 0.1) is 18.6 Å². The Balaban J connectivity index is 1.28. The van der Waals surface area contributed by atoms with E-state index in [1.807, 2.05) is 79.0 Å². The minimum absolute atomic E-state index is 0.131. The van der Waals surface area contributed by atoms with Gasteiger partial charge in [0.1, 0.15) is 5.75 Å². The number of hydrogen-bond acceptors (Lipinski definition) is 6.